The minimum Gasteiger partial charge on any atom is -0.488 e. The van der Waals surface area contributed by atoms with Crippen LogP contribution in [0.15, 0.2) is 59.0 Å². The molecule has 0 bridgehead atoms. The van der Waals surface area contributed by atoms with E-state index in [0.29, 0.717) is 33.9 Å². The Balaban J connectivity index is 1.63. The molecule has 0 spiro atoms. The second kappa shape index (κ2) is 9.92. The lowest BCUT2D eigenvalue weighted by Gasteiger charge is -2.09. The third-order valence-corrected chi connectivity index (χ3v) is 6.09. The summed E-state index contributed by atoms with van der Waals surface area (Å²) in [5.41, 5.74) is 4.83. The lowest BCUT2D eigenvalue weighted by Crippen LogP contribution is -2.16. The van der Waals surface area contributed by atoms with Gasteiger partial charge in [-0.05, 0) is 41.8 Å². The number of nitrogens with zero attached hydrogens (tertiary/aromatic N) is 1. The highest BCUT2D eigenvalue weighted by Crippen LogP contribution is 2.25. The molecule has 0 atom stereocenters. The van der Waals surface area contributed by atoms with Crippen LogP contribution in [0.1, 0.15) is 46.1 Å². The number of rotatable bonds is 7. The van der Waals surface area contributed by atoms with Crippen molar-refractivity contribution in [2.75, 3.05) is 0 Å². The standard InChI is InChI=1S/C22H20Cl2N2O2S/c1-14(2)21-10-17(13-29-21)22(27)26-25-11-16-5-3-4-6-20(16)28-12-15-7-8-18(23)19(24)9-15/h3-11,13-14H,12H2,1-2H3,(H,26,27)/b25-11-. The van der Waals surface area contributed by atoms with Gasteiger partial charge in [-0.25, -0.2) is 5.43 Å². The number of hydrazone groups is 1. The summed E-state index contributed by atoms with van der Waals surface area (Å²) >= 11 is 13.6. The van der Waals surface area contributed by atoms with Gasteiger partial charge in [0.05, 0.1) is 21.8 Å². The maximum Gasteiger partial charge on any atom is 0.272 e. The normalized spacial score (nSPS) is 11.2. The van der Waals surface area contributed by atoms with Crippen LogP contribution in [0.4, 0.5) is 0 Å². The van der Waals surface area contributed by atoms with Crippen molar-refractivity contribution < 1.29 is 9.53 Å². The Morgan fingerprint density at radius 3 is 2.69 bits per heavy atom. The van der Waals surface area contributed by atoms with Gasteiger partial charge in [0.25, 0.3) is 5.91 Å². The van der Waals surface area contributed by atoms with E-state index in [9.17, 15) is 4.79 Å². The van der Waals surface area contributed by atoms with E-state index in [1.807, 2.05) is 41.8 Å². The van der Waals surface area contributed by atoms with Crippen LogP contribution in [0, 0.1) is 0 Å². The number of benzene rings is 2. The molecule has 0 saturated carbocycles. The minimum atomic E-state index is -0.237. The van der Waals surface area contributed by atoms with Crippen molar-refractivity contribution >= 4 is 46.7 Å². The maximum absolute atomic E-state index is 12.3. The number of amides is 1. The van der Waals surface area contributed by atoms with E-state index >= 15 is 0 Å². The topological polar surface area (TPSA) is 50.7 Å². The van der Waals surface area contributed by atoms with Gasteiger partial charge in [-0.15, -0.1) is 11.3 Å². The number of carbonyl (C=O) groups is 1. The van der Waals surface area contributed by atoms with E-state index in [4.69, 9.17) is 27.9 Å². The zero-order valence-corrected chi connectivity index (χ0v) is 18.3. The molecule has 1 amide bonds. The summed E-state index contributed by atoms with van der Waals surface area (Å²) in [4.78, 5) is 13.4. The molecule has 1 N–H and O–H groups in total. The molecule has 2 aromatic carbocycles. The molecule has 1 aromatic heterocycles. The molecule has 150 valence electrons. The molecule has 0 fully saturated rings. The van der Waals surface area contributed by atoms with Crippen molar-refractivity contribution in [2.24, 2.45) is 5.10 Å². The first kappa shape index (κ1) is 21.4. The van der Waals surface area contributed by atoms with Crippen LogP contribution < -0.4 is 10.2 Å². The van der Waals surface area contributed by atoms with E-state index < -0.39 is 0 Å². The summed E-state index contributed by atoms with van der Waals surface area (Å²) in [5, 5.41) is 6.91. The number of halogens is 2. The van der Waals surface area contributed by atoms with Gasteiger partial charge in [0.1, 0.15) is 12.4 Å². The summed E-state index contributed by atoms with van der Waals surface area (Å²) in [6, 6.07) is 14.7. The van der Waals surface area contributed by atoms with Gasteiger partial charge in [0.15, 0.2) is 0 Å². The fourth-order valence-corrected chi connectivity index (χ4v) is 3.73. The quantitative estimate of drug-likeness (QED) is 0.331. The van der Waals surface area contributed by atoms with E-state index in [-0.39, 0.29) is 5.91 Å². The number of carbonyl (C=O) groups excluding carboxylic acids is 1. The molecule has 0 radical (unpaired) electrons. The first-order valence-corrected chi connectivity index (χ1v) is 10.6. The monoisotopic (exact) mass is 446 g/mol. The summed E-state index contributed by atoms with van der Waals surface area (Å²) in [7, 11) is 0. The zero-order valence-electron chi connectivity index (χ0n) is 16.0. The Morgan fingerprint density at radius 2 is 1.97 bits per heavy atom. The Hall–Kier alpha value is -2.34. The van der Waals surface area contributed by atoms with Crippen LogP contribution in [-0.2, 0) is 6.61 Å². The smallest absolute Gasteiger partial charge is 0.272 e. The van der Waals surface area contributed by atoms with Crippen LogP contribution in [0.25, 0.3) is 0 Å². The molecule has 0 aliphatic carbocycles. The maximum atomic E-state index is 12.3. The molecule has 0 saturated heterocycles. The molecule has 0 unspecified atom stereocenters. The van der Waals surface area contributed by atoms with E-state index in [1.54, 1.807) is 29.7 Å². The van der Waals surface area contributed by atoms with E-state index in [0.717, 1.165) is 11.1 Å². The Morgan fingerprint density at radius 1 is 1.17 bits per heavy atom. The van der Waals surface area contributed by atoms with Crippen molar-refractivity contribution in [1.82, 2.24) is 5.43 Å². The highest BCUT2D eigenvalue weighted by atomic mass is 35.5. The Kier molecular flexibility index (Phi) is 7.31. The number of hydrogen-bond acceptors (Lipinski definition) is 4. The number of thiophene rings is 1. The molecule has 7 heteroatoms. The Bertz CT molecular complexity index is 1030. The lowest BCUT2D eigenvalue weighted by atomic mass is 10.1. The van der Waals surface area contributed by atoms with Crippen LogP contribution in [0.5, 0.6) is 5.75 Å². The molecular weight excluding hydrogens is 427 g/mol. The number of nitrogens with one attached hydrogen (secondary N) is 1. The zero-order chi connectivity index (χ0) is 20.8. The summed E-state index contributed by atoms with van der Waals surface area (Å²) < 4.78 is 5.89. The average Bonchev–Trinajstić information content (AvgIpc) is 3.20. The first-order valence-electron chi connectivity index (χ1n) is 9.01. The van der Waals surface area contributed by atoms with Gasteiger partial charge in [0, 0.05) is 15.8 Å². The minimum absolute atomic E-state index is 0.237. The van der Waals surface area contributed by atoms with Crippen molar-refractivity contribution in [3.8, 4) is 5.75 Å². The second-order valence-electron chi connectivity index (χ2n) is 6.67. The molecular formula is C22H20Cl2N2O2S. The number of ether oxygens (including phenoxy) is 1. The fraction of sp³-hybridized carbons (Fsp3) is 0.182. The van der Waals surface area contributed by atoms with Gasteiger partial charge in [-0.1, -0.05) is 55.2 Å². The summed E-state index contributed by atoms with van der Waals surface area (Å²) in [6.07, 6.45) is 1.57. The van der Waals surface area contributed by atoms with Crippen molar-refractivity contribution in [2.45, 2.75) is 26.4 Å². The third-order valence-electron chi connectivity index (χ3n) is 4.12. The molecule has 0 aliphatic heterocycles. The van der Waals surface area contributed by atoms with Gasteiger partial charge >= 0.3 is 0 Å². The second-order valence-corrected chi connectivity index (χ2v) is 8.42. The largest absolute Gasteiger partial charge is 0.488 e. The van der Waals surface area contributed by atoms with Crippen LogP contribution in [-0.4, -0.2) is 12.1 Å². The molecule has 3 aromatic rings. The third kappa shape index (κ3) is 5.82. The van der Waals surface area contributed by atoms with Gasteiger partial charge in [-0.2, -0.15) is 5.10 Å². The molecule has 29 heavy (non-hydrogen) atoms. The van der Waals surface area contributed by atoms with Gasteiger partial charge in [0.2, 0.25) is 0 Å². The van der Waals surface area contributed by atoms with E-state index in [1.165, 1.54) is 4.88 Å². The fourth-order valence-electron chi connectivity index (χ4n) is 2.51. The number of hydrogen-bond donors (Lipinski definition) is 1. The first-order chi connectivity index (χ1) is 13.9. The molecule has 4 nitrogen and oxygen atoms in total. The SMILES string of the molecule is CC(C)c1cc(C(=O)N/N=C\c2ccccc2OCc2ccc(Cl)c(Cl)c2)cs1. The van der Waals surface area contributed by atoms with Crippen molar-refractivity contribution in [3.05, 3.63) is 85.5 Å². The number of para-hydroxylation sites is 1. The summed E-state index contributed by atoms with van der Waals surface area (Å²) in [6.45, 7) is 4.53. The predicted molar refractivity (Wildman–Crippen MR) is 121 cm³/mol. The van der Waals surface area contributed by atoms with Crippen LogP contribution in [0.3, 0.4) is 0 Å². The lowest BCUT2D eigenvalue weighted by molar-refractivity contribution is 0.0955. The van der Waals surface area contributed by atoms with Crippen LogP contribution >= 0.6 is 34.5 Å². The van der Waals surface area contributed by atoms with E-state index in [2.05, 4.69) is 24.4 Å². The highest BCUT2D eigenvalue weighted by Gasteiger charge is 2.10. The highest BCUT2D eigenvalue weighted by molar-refractivity contribution is 7.10. The molecule has 3 rings (SSSR count). The molecule has 0 aliphatic rings. The van der Waals surface area contributed by atoms with Crippen molar-refractivity contribution in [1.29, 1.82) is 0 Å². The average molecular weight is 447 g/mol. The van der Waals surface area contributed by atoms with Gasteiger partial charge in [-0.3, -0.25) is 4.79 Å². The Labute approximate surface area is 184 Å². The van der Waals surface area contributed by atoms with Crippen LogP contribution in [0.2, 0.25) is 10.0 Å². The van der Waals surface area contributed by atoms with Gasteiger partial charge < -0.3 is 4.74 Å². The predicted octanol–water partition coefficient (Wildman–Crippen LogP) is 6.52. The summed E-state index contributed by atoms with van der Waals surface area (Å²) in [5.74, 6) is 0.803. The van der Waals surface area contributed by atoms with Crippen molar-refractivity contribution in [3.63, 3.8) is 0 Å². The molecule has 1 heterocycles.